The van der Waals surface area contributed by atoms with Gasteiger partial charge in [-0.25, -0.2) is 0 Å². The van der Waals surface area contributed by atoms with Gasteiger partial charge in [0.1, 0.15) is 5.69 Å². The van der Waals surface area contributed by atoms with Crippen LogP contribution in [0, 0.1) is 10.1 Å². The molecular weight excluding hydrogens is 260 g/mol. The highest BCUT2D eigenvalue weighted by Gasteiger charge is 2.20. The molecule has 1 aromatic carbocycles. The number of pyridine rings is 1. The summed E-state index contributed by atoms with van der Waals surface area (Å²) in [6, 6.07) is 6.28. The van der Waals surface area contributed by atoms with E-state index in [4.69, 9.17) is 5.73 Å². The lowest BCUT2D eigenvalue weighted by molar-refractivity contribution is -0.382. The van der Waals surface area contributed by atoms with Crippen LogP contribution in [0.3, 0.4) is 0 Å². The van der Waals surface area contributed by atoms with Crippen LogP contribution < -0.4 is 11.1 Å². The van der Waals surface area contributed by atoms with E-state index < -0.39 is 10.8 Å². The van der Waals surface area contributed by atoms with Gasteiger partial charge in [0.2, 0.25) is 5.91 Å². The minimum absolute atomic E-state index is 0.0491. The third kappa shape index (κ3) is 2.82. The van der Waals surface area contributed by atoms with Crippen molar-refractivity contribution in [1.82, 2.24) is 4.98 Å². The van der Waals surface area contributed by atoms with Crippen molar-refractivity contribution >= 4 is 28.2 Å². The SMILES string of the molecule is CC(CC(N)=O)Nc1ccc2ncccc2c1[N+](=O)[O-]. The molecule has 0 saturated heterocycles. The molecule has 3 N–H and O–H groups in total. The monoisotopic (exact) mass is 274 g/mol. The van der Waals surface area contributed by atoms with E-state index in [1.807, 2.05) is 0 Å². The molecule has 0 bridgehead atoms. The van der Waals surface area contributed by atoms with Crippen molar-refractivity contribution in [3.05, 3.63) is 40.6 Å². The Morgan fingerprint density at radius 3 is 2.90 bits per heavy atom. The average Bonchev–Trinajstić information content (AvgIpc) is 2.36. The maximum Gasteiger partial charge on any atom is 0.301 e. The summed E-state index contributed by atoms with van der Waals surface area (Å²) in [7, 11) is 0. The lowest BCUT2D eigenvalue weighted by Gasteiger charge is -2.14. The Kier molecular flexibility index (Phi) is 3.79. The van der Waals surface area contributed by atoms with Gasteiger partial charge in [0.05, 0.1) is 15.8 Å². The number of aromatic nitrogens is 1. The molecule has 20 heavy (non-hydrogen) atoms. The topological polar surface area (TPSA) is 111 Å². The molecule has 1 unspecified atom stereocenters. The van der Waals surface area contributed by atoms with Crippen molar-refractivity contribution in [2.45, 2.75) is 19.4 Å². The average molecular weight is 274 g/mol. The maximum atomic E-state index is 11.3. The van der Waals surface area contributed by atoms with Crippen LogP contribution in [0.4, 0.5) is 11.4 Å². The third-order valence-electron chi connectivity index (χ3n) is 2.85. The van der Waals surface area contributed by atoms with Crippen molar-refractivity contribution in [3.8, 4) is 0 Å². The Morgan fingerprint density at radius 2 is 2.25 bits per heavy atom. The molecule has 1 aromatic heterocycles. The van der Waals surface area contributed by atoms with Gasteiger partial charge in [-0.05, 0) is 31.2 Å². The van der Waals surface area contributed by atoms with E-state index in [9.17, 15) is 14.9 Å². The standard InChI is InChI=1S/C13H14N4O3/c1-8(7-12(14)18)16-11-5-4-10-9(3-2-6-15-10)13(11)17(19)20/h2-6,8,16H,7H2,1H3,(H2,14,18). The summed E-state index contributed by atoms with van der Waals surface area (Å²) in [5, 5.41) is 14.7. The number of benzene rings is 1. The highest BCUT2D eigenvalue weighted by Crippen LogP contribution is 2.32. The van der Waals surface area contributed by atoms with Crippen LogP contribution >= 0.6 is 0 Å². The van der Waals surface area contributed by atoms with Gasteiger partial charge in [-0.3, -0.25) is 19.9 Å². The van der Waals surface area contributed by atoms with Gasteiger partial charge in [-0.1, -0.05) is 0 Å². The smallest absolute Gasteiger partial charge is 0.301 e. The number of amides is 1. The number of fused-ring (bicyclic) bond motifs is 1. The first-order valence-corrected chi connectivity index (χ1v) is 6.06. The number of nitrogens with two attached hydrogens (primary N) is 1. The van der Waals surface area contributed by atoms with Crippen molar-refractivity contribution in [2.24, 2.45) is 5.73 Å². The minimum Gasteiger partial charge on any atom is -0.376 e. The quantitative estimate of drug-likeness (QED) is 0.638. The van der Waals surface area contributed by atoms with Gasteiger partial charge in [0.15, 0.2) is 0 Å². The van der Waals surface area contributed by atoms with Gasteiger partial charge in [0.25, 0.3) is 0 Å². The van der Waals surface area contributed by atoms with Crippen molar-refractivity contribution in [2.75, 3.05) is 5.32 Å². The van der Waals surface area contributed by atoms with E-state index in [2.05, 4.69) is 10.3 Å². The molecule has 0 radical (unpaired) electrons. The van der Waals surface area contributed by atoms with E-state index >= 15 is 0 Å². The number of nitrogens with zero attached hydrogens (tertiary/aromatic N) is 2. The summed E-state index contributed by atoms with van der Waals surface area (Å²) < 4.78 is 0. The molecule has 2 rings (SSSR count). The zero-order valence-corrected chi connectivity index (χ0v) is 10.9. The summed E-state index contributed by atoms with van der Waals surface area (Å²) >= 11 is 0. The number of carbonyl (C=O) groups excluding carboxylic acids is 1. The lowest BCUT2D eigenvalue weighted by atomic mass is 10.1. The van der Waals surface area contributed by atoms with Crippen molar-refractivity contribution in [3.63, 3.8) is 0 Å². The number of hydrogen-bond acceptors (Lipinski definition) is 5. The van der Waals surface area contributed by atoms with E-state index in [1.54, 1.807) is 37.4 Å². The van der Waals surface area contributed by atoms with E-state index in [0.29, 0.717) is 16.6 Å². The minimum atomic E-state index is -0.463. The van der Waals surface area contributed by atoms with Gasteiger partial charge < -0.3 is 11.1 Å². The van der Waals surface area contributed by atoms with Crippen LogP contribution in [0.2, 0.25) is 0 Å². The predicted octanol–water partition coefficient (Wildman–Crippen LogP) is 1.82. The zero-order valence-electron chi connectivity index (χ0n) is 10.9. The van der Waals surface area contributed by atoms with E-state index in [0.717, 1.165) is 0 Å². The molecule has 104 valence electrons. The highest BCUT2D eigenvalue weighted by molar-refractivity contribution is 5.94. The molecular formula is C13H14N4O3. The zero-order chi connectivity index (χ0) is 14.7. The normalized spacial score (nSPS) is 12.1. The van der Waals surface area contributed by atoms with Crippen molar-refractivity contribution in [1.29, 1.82) is 0 Å². The molecule has 1 heterocycles. The number of nitrogens with one attached hydrogen (secondary N) is 1. The molecule has 2 aromatic rings. The van der Waals surface area contributed by atoms with Crippen LogP contribution in [0.5, 0.6) is 0 Å². The number of carbonyl (C=O) groups is 1. The molecule has 0 fully saturated rings. The molecule has 7 nitrogen and oxygen atoms in total. The maximum absolute atomic E-state index is 11.3. The third-order valence-corrected chi connectivity index (χ3v) is 2.85. The van der Waals surface area contributed by atoms with Gasteiger partial charge >= 0.3 is 5.69 Å². The van der Waals surface area contributed by atoms with E-state index in [-0.39, 0.29) is 18.2 Å². The second kappa shape index (κ2) is 5.52. The fourth-order valence-corrected chi connectivity index (χ4v) is 2.07. The van der Waals surface area contributed by atoms with E-state index in [1.165, 1.54) is 0 Å². The summed E-state index contributed by atoms with van der Waals surface area (Å²) in [4.78, 5) is 25.8. The molecule has 1 amide bonds. The first-order chi connectivity index (χ1) is 9.49. The molecule has 7 heteroatoms. The number of nitro groups is 1. The Labute approximate surface area is 114 Å². The summed E-state index contributed by atoms with van der Waals surface area (Å²) in [5.74, 6) is -0.463. The number of primary amides is 1. The van der Waals surface area contributed by atoms with Crippen LogP contribution in [0.25, 0.3) is 10.9 Å². The number of rotatable bonds is 5. The summed E-state index contributed by atoms with van der Waals surface area (Å²) in [6.07, 6.45) is 1.68. The highest BCUT2D eigenvalue weighted by atomic mass is 16.6. The Hall–Kier alpha value is -2.70. The number of hydrogen-bond donors (Lipinski definition) is 2. The Morgan fingerprint density at radius 1 is 1.50 bits per heavy atom. The molecule has 0 aliphatic heterocycles. The van der Waals surface area contributed by atoms with Crippen LogP contribution in [0.15, 0.2) is 30.5 Å². The van der Waals surface area contributed by atoms with Crippen LogP contribution in [-0.2, 0) is 4.79 Å². The molecule has 0 spiro atoms. The van der Waals surface area contributed by atoms with Gasteiger partial charge in [-0.2, -0.15) is 0 Å². The fraction of sp³-hybridized carbons (Fsp3) is 0.231. The number of anilines is 1. The summed E-state index contributed by atoms with van der Waals surface area (Å²) in [5.41, 5.74) is 5.96. The Bertz CT molecular complexity index is 672. The second-order valence-electron chi connectivity index (χ2n) is 4.50. The molecule has 0 aliphatic rings. The number of nitro benzene ring substituents is 1. The van der Waals surface area contributed by atoms with Crippen LogP contribution in [0.1, 0.15) is 13.3 Å². The van der Waals surface area contributed by atoms with Gasteiger partial charge in [0, 0.05) is 18.7 Å². The summed E-state index contributed by atoms with van der Waals surface area (Å²) in [6.45, 7) is 1.74. The molecule has 1 atom stereocenters. The lowest BCUT2D eigenvalue weighted by Crippen LogP contribution is -2.24. The largest absolute Gasteiger partial charge is 0.376 e. The predicted molar refractivity (Wildman–Crippen MR) is 75.3 cm³/mol. The van der Waals surface area contributed by atoms with Crippen LogP contribution in [-0.4, -0.2) is 21.9 Å². The fourth-order valence-electron chi connectivity index (χ4n) is 2.07. The molecule has 0 saturated carbocycles. The van der Waals surface area contributed by atoms with Crippen molar-refractivity contribution < 1.29 is 9.72 Å². The second-order valence-corrected chi connectivity index (χ2v) is 4.50. The first-order valence-electron chi connectivity index (χ1n) is 6.06. The first kappa shape index (κ1) is 13.7. The molecule has 0 aliphatic carbocycles. The van der Waals surface area contributed by atoms with Gasteiger partial charge in [-0.15, -0.1) is 0 Å². The Balaban J connectivity index is 2.45.